The fourth-order valence-electron chi connectivity index (χ4n) is 4.52. The van der Waals surface area contributed by atoms with E-state index < -0.39 is 0 Å². The van der Waals surface area contributed by atoms with Gasteiger partial charge in [0.15, 0.2) is 0 Å². The van der Waals surface area contributed by atoms with Gasteiger partial charge in [-0.2, -0.15) is 0 Å². The number of piperazine rings is 1. The summed E-state index contributed by atoms with van der Waals surface area (Å²) in [4.78, 5) is 31.7. The molecule has 3 aliphatic heterocycles. The second-order valence-corrected chi connectivity index (χ2v) is 8.80. The number of nitrogens with zero attached hydrogens (tertiary/aromatic N) is 3. The van der Waals surface area contributed by atoms with Crippen LogP contribution in [0.15, 0.2) is 18.2 Å². The summed E-state index contributed by atoms with van der Waals surface area (Å²) in [5.41, 5.74) is 1.00. The molecule has 0 bridgehead atoms. The van der Waals surface area contributed by atoms with E-state index in [1.54, 1.807) is 0 Å². The average molecular weight is 420 g/mol. The van der Waals surface area contributed by atoms with Crippen molar-refractivity contribution in [1.82, 2.24) is 14.7 Å². The Labute approximate surface area is 177 Å². The van der Waals surface area contributed by atoms with E-state index in [9.17, 15) is 9.59 Å². The predicted molar refractivity (Wildman–Crippen MR) is 112 cm³/mol. The van der Waals surface area contributed by atoms with Gasteiger partial charge in [-0.15, -0.1) is 0 Å². The number of ether oxygens (including phenoxy) is 1. The van der Waals surface area contributed by atoms with Gasteiger partial charge in [0.1, 0.15) is 12.4 Å². The van der Waals surface area contributed by atoms with Crippen molar-refractivity contribution in [3.05, 3.63) is 28.8 Å². The molecule has 0 spiro atoms. The van der Waals surface area contributed by atoms with Gasteiger partial charge in [-0.05, 0) is 43.0 Å². The molecule has 2 amide bonds. The van der Waals surface area contributed by atoms with Crippen LogP contribution in [-0.4, -0.2) is 78.9 Å². The standard InChI is InChI=1S/C22H30ClN3O3/c23-19-5-6-20-17(14-19)13-18(16-29-20)22(28)26-11-9-24(10-12-26)15-21(27)25-7-3-1-2-4-8-25/h5-6,14,18H,1-4,7-13,15-16H2/t18-/m1/s1. The maximum atomic E-state index is 13.0. The SMILES string of the molecule is O=C(CN1CCN(C(=O)[C@H]2COc3ccc(Cl)cc3C2)CC1)N1CCCCCC1. The molecular formula is C22H30ClN3O3. The Balaban J connectivity index is 1.26. The first-order valence-electron chi connectivity index (χ1n) is 10.8. The van der Waals surface area contributed by atoms with Crippen LogP contribution in [0.3, 0.4) is 0 Å². The molecule has 6 nitrogen and oxygen atoms in total. The van der Waals surface area contributed by atoms with E-state index in [1.165, 1.54) is 12.8 Å². The third kappa shape index (κ3) is 5.04. The maximum absolute atomic E-state index is 13.0. The summed E-state index contributed by atoms with van der Waals surface area (Å²) in [6.07, 6.45) is 5.36. The summed E-state index contributed by atoms with van der Waals surface area (Å²) in [7, 11) is 0. The van der Waals surface area contributed by atoms with Gasteiger partial charge >= 0.3 is 0 Å². The molecule has 7 heteroatoms. The van der Waals surface area contributed by atoms with Crippen molar-refractivity contribution in [3.8, 4) is 5.75 Å². The molecule has 2 fully saturated rings. The summed E-state index contributed by atoms with van der Waals surface area (Å²) < 4.78 is 5.79. The monoisotopic (exact) mass is 419 g/mol. The van der Waals surface area contributed by atoms with Crippen molar-refractivity contribution in [2.75, 3.05) is 52.4 Å². The molecule has 2 saturated heterocycles. The van der Waals surface area contributed by atoms with E-state index >= 15 is 0 Å². The summed E-state index contributed by atoms with van der Waals surface area (Å²) in [6.45, 7) is 5.52. The molecule has 1 aromatic rings. The molecule has 0 unspecified atom stereocenters. The van der Waals surface area contributed by atoms with Crippen molar-refractivity contribution in [2.24, 2.45) is 5.92 Å². The van der Waals surface area contributed by atoms with Crippen molar-refractivity contribution in [1.29, 1.82) is 0 Å². The van der Waals surface area contributed by atoms with Gasteiger partial charge < -0.3 is 14.5 Å². The zero-order valence-corrected chi connectivity index (χ0v) is 17.7. The minimum atomic E-state index is -0.161. The molecule has 3 heterocycles. The van der Waals surface area contributed by atoms with Gasteiger partial charge in [0.25, 0.3) is 0 Å². The van der Waals surface area contributed by atoms with Crippen LogP contribution in [-0.2, 0) is 16.0 Å². The molecule has 3 aliphatic rings. The molecule has 1 aromatic carbocycles. The first kappa shape index (κ1) is 20.5. The molecule has 0 N–H and O–H groups in total. The lowest BCUT2D eigenvalue weighted by Gasteiger charge is -2.37. The number of fused-ring (bicyclic) bond motifs is 1. The maximum Gasteiger partial charge on any atom is 0.236 e. The topological polar surface area (TPSA) is 53.1 Å². The Morgan fingerprint density at radius 1 is 0.966 bits per heavy atom. The van der Waals surface area contributed by atoms with Crippen LogP contribution in [0.25, 0.3) is 0 Å². The van der Waals surface area contributed by atoms with Crippen LogP contribution in [0, 0.1) is 5.92 Å². The zero-order valence-electron chi connectivity index (χ0n) is 16.9. The van der Waals surface area contributed by atoms with Gasteiger partial charge in [0, 0.05) is 44.3 Å². The van der Waals surface area contributed by atoms with Gasteiger partial charge in [0.2, 0.25) is 11.8 Å². The van der Waals surface area contributed by atoms with Crippen molar-refractivity contribution in [3.63, 3.8) is 0 Å². The van der Waals surface area contributed by atoms with Gasteiger partial charge in [0.05, 0.1) is 12.5 Å². The fraction of sp³-hybridized carbons (Fsp3) is 0.636. The lowest BCUT2D eigenvalue weighted by molar-refractivity contribution is -0.139. The average Bonchev–Trinajstić information content (AvgIpc) is 3.03. The summed E-state index contributed by atoms with van der Waals surface area (Å²) in [5.74, 6) is 1.05. The second kappa shape index (κ2) is 9.35. The number of carbonyl (C=O) groups excluding carboxylic acids is 2. The number of amides is 2. The quantitative estimate of drug-likeness (QED) is 0.755. The number of likely N-dealkylation sites (tertiary alicyclic amines) is 1. The van der Waals surface area contributed by atoms with Gasteiger partial charge in [-0.3, -0.25) is 14.5 Å². The fourth-order valence-corrected chi connectivity index (χ4v) is 4.71. The summed E-state index contributed by atoms with van der Waals surface area (Å²) in [6, 6.07) is 5.58. The number of carbonyl (C=O) groups is 2. The van der Waals surface area contributed by atoms with Crippen LogP contribution < -0.4 is 4.74 Å². The zero-order chi connectivity index (χ0) is 20.2. The van der Waals surface area contributed by atoms with E-state index in [0.29, 0.717) is 37.7 Å². The molecule has 158 valence electrons. The highest BCUT2D eigenvalue weighted by molar-refractivity contribution is 6.30. The number of benzene rings is 1. The highest BCUT2D eigenvalue weighted by Gasteiger charge is 2.32. The minimum absolute atomic E-state index is 0.147. The third-order valence-electron chi connectivity index (χ3n) is 6.28. The van der Waals surface area contributed by atoms with E-state index in [2.05, 4.69) is 4.90 Å². The van der Waals surface area contributed by atoms with Crippen LogP contribution in [0.4, 0.5) is 0 Å². The normalized spacial score (nSPS) is 23.1. The van der Waals surface area contributed by atoms with Gasteiger partial charge in [-0.1, -0.05) is 24.4 Å². The predicted octanol–water partition coefficient (Wildman–Crippen LogP) is 2.44. The Kier molecular flexibility index (Phi) is 6.60. The van der Waals surface area contributed by atoms with E-state index in [1.807, 2.05) is 28.0 Å². The van der Waals surface area contributed by atoms with Crippen LogP contribution in [0.5, 0.6) is 5.75 Å². The molecule has 1 atom stereocenters. The number of halogens is 1. The van der Waals surface area contributed by atoms with Gasteiger partial charge in [-0.25, -0.2) is 0 Å². The lowest BCUT2D eigenvalue weighted by atomic mass is 9.95. The lowest BCUT2D eigenvalue weighted by Crippen LogP contribution is -2.53. The Morgan fingerprint density at radius 2 is 1.69 bits per heavy atom. The molecule has 4 rings (SSSR count). The molecule has 0 aromatic heterocycles. The molecule has 0 saturated carbocycles. The van der Waals surface area contributed by atoms with E-state index in [4.69, 9.17) is 16.3 Å². The number of hydrogen-bond donors (Lipinski definition) is 0. The largest absolute Gasteiger partial charge is 0.492 e. The highest BCUT2D eigenvalue weighted by Crippen LogP contribution is 2.30. The summed E-state index contributed by atoms with van der Waals surface area (Å²) >= 11 is 6.09. The summed E-state index contributed by atoms with van der Waals surface area (Å²) in [5, 5.41) is 0.670. The van der Waals surface area contributed by atoms with E-state index in [-0.39, 0.29) is 17.7 Å². The van der Waals surface area contributed by atoms with Crippen LogP contribution in [0.1, 0.15) is 31.2 Å². The smallest absolute Gasteiger partial charge is 0.236 e. The van der Waals surface area contributed by atoms with E-state index in [0.717, 1.165) is 50.3 Å². The van der Waals surface area contributed by atoms with Crippen molar-refractivity contribution in [2.45, 2.75) is 32.1 Å². The Hall–Kier alpha value is -1.79. The molecule has 29 heavy (non-hydrogen) atoms. The third-order valence-corrected chi connectivity index (χ3v) is 6.51. The molecule has 0 radical (unpaired) electrons. The Bertz CT molecular complexity index is 741. The van der Waals surface area contributed by atoms with Crippen molar-refractivity contribution >= 4 is 23.4 Å². The molecular weight excluding hydrogens is 390 g/mol. The number of rotatable bonds is 3. The highest BCUT2D eigenvalue weighted by atomic mass is 35.5. The number of hydrogen-bond acceptors (Lipinski definition) is 4. The van der Waals surface area contributed by atoms with Crippen molar-refractivity contribution < 1.29 is 14.3 Å². The Morgan fingerprint density at radius 3 is 2.41 bits per heavy atom. The van der Waals surface area contributed by atoms with Crippen LogP contribution >= 0.6 is 11.6 Å². The molecule has 0 aliphatic carbocycles. The minimum Gasteiger partial charge on any atom is -0.492 e. The van der Waals surface area contributed by atoms with Crippen LogP contribution in [0.2, 0.25) is 5.02 Å². The first-order chi connectivity index (χ1) is 14.1. The second-order valence-electron chi connectivity index (χ2n) is 8.36. The first-order valence-corrected chi connectivity index (χ1v) is 11.2.